The third kappa shape index (κ3) is 11.4. The summed E-state index contributed by atoms with van der Waals surface area (Å²) in [5, 5.41) is 10.4. The largest absolute Gasteiger partial charge is 0.504 e. The van der Waals surface area contributed by atoms with Crippen molar-refractivity contribution in [1.82, 2.24) is 21.3 Å². The molecular weight excluding hydrogens is 544 g/mol. The average Bonchev–Trinajstić information content (AvgIpc) is 2.60. The van der Waals surface area contributed by atoms with Crippen molar-refractivity contribution in [1.29, 1.82) is 0 Å². The van der Waals surface area contributed by atoms with E-state index in [4.69, 9.17) is 1.37 Å². The Kier molecular flexibility index (Phi) is 14.7. The van der Waals surface area contributed by atoms with E-state index in [9.17, 15) is 19.2 Å². The molecule has 0 radical (unpaired) electrons. The van der Waals surface area contributed by atoms with Crippen molar-refractivity contribution in [3.05, 3.63) is 6.54 Å². The van der Waals surface area contributed by atoms with Gasteiger partial charge in [-0.2, -0.15) is 6.42 Å². The molecule has 0 saturated heterocycles. The molecule has 29 heavy (non-hydrogen) atoms. The molecule has 0 fully saturated rings. The smallest absolute Gasteiger partial charge is 0.243 e. The zero-order chi connectivity index (χ0) is 22.7. The Morgan fingerprint density at radius 2 is 1.45 bits per heavy atom. The van der Waals surface area contributed by atoms with Crippen molar-refractivity contribution in [2.45, 2.75) is 79.4 Å². The molecule has 4 N–H and O–H groups in total. The maximum atomic E-state index is 12.9. The van der Waals surface area contributed by atoms with E-state index in [1.807, 2.05) is 20.8 Å². The van der Waals surface area contributed by atoms with Gasteiger partial charge in [0.15, 0.2) is 0 Å². The van der Waals surface area contributed by atoms with Gasteiger partial charge in [0.05, 0.1) is 0 Å². The summed E-state index contributed by atoms with van der Waals surface area (Å²) >= 11 is 0. The van der Waals surface area contributed by atoms with Crippen LogP contribution in [0.5, 0.6) is 0 Å². The molecule has 0 aromatic heterocycles. The van der Waals surface area contributed by atoms with E-state index in [1.54, 1.807) is 34.2 Å². The Morgan fingerprint density at radius 1 is 0.931 bits per heavy atom. The summed E-state index contributed by atoms with van der Waals surface area (Å²) in [5.74, 6) is -1.64. The van der Waals surface area contributed by atoms with Gasteiger partial charge in [0.1, 0.15) is 19.5 Å². The second-order valence-corrected chi connectivity index (χ2v) is 8.01. The molecule has 0 aromatic rings. The summed E-state index contributed by atoms with van der Waals surface area (Å²) in [4.78, 5) is 48.9. The molecule has 3 unspecified atom stereocenters. The second-order valence-electron chi connectivity index (χ2n) is 8.01. The Hall–Kier alpha value is -1.43. The van der Waals surface area contributed by atoms with Gasteiger partial charge < -0.3 is 21.3 Å². The number of amides is 4. The van der Waals surface area contributed by atoms with Gasteiger partial charge in [-0.3, -0.25) is 19.2 Å². The Labute approximate surface area is 190 Å². The Morgan fingerprint density at radius 3 is 1.86 bits per heavy atom. The van der Waals surface area contributed by atoms with E-state index in [1.165, 1.54) is 0 Å². The molecule has 168 valence electrons. The van der Waals surface area contributed by atoms with Crippen LogP contribution in [0.3, 0.4) is 0 Å². The van der Waals surface area contributed by atoms with Crippen molar-refractivity contribution in [2.75, 3.05) is 0 Å². The molecule has 0 aliphatic rings. The van der Waals surface area contributed by atoms with Crippen LogP contribution in [0.1, 0.15) is 62.7 Å². The summed E-state index contributed by atoms with van der Waals surface area (Å²) in [6, 6.07) is -2.54. The summed E-state index contributed by atoms with van der Waals surface area (Å²) in [5.41, 5.74) is 0. The van der Waals surface area contributed by atoms with Crippen LogP contribution in [0.2, 0.25) is 0 Å². The molecule has 0 saturated carbocycles. The van der Waals surface area contributed by atoms with Crippen molar-refractivity contribution in [3.8, 4) is 0 Å². The number of carbonyl (C=O) groups is 4. The maximum absolute atomic E-state index is 12.9. The first kappa shape index (κ1) is 27.6. The Bertz CT molecular complexity index is 573. The number of rotatable bonds is 12. The molecule has 0 aliphatic carbocycles. The van der Waals surface area contributed by atoms with Crippen LogP contribution >= 0.6 is 0 Å². The molecule has 0 aromatic carbocycles. The summed E-state index contributed by atoms with van der Waals surface area (Å²) < 4.78 is 7.05. The summed E-state index contributed by atoms with van der Waals surface area (Å²) in [6.45, 7) is 14.4. The van der Waals surface area contributed by atoms with Crippen LogP contribution in [0, 0.1) is 24.3 Å². The van der Waals surface area contributed by atoms with Crippen molar-refractivity contribution in [2.24, 2.45) is 17.8 Å². The first-order valence-corrected chi connectivity index (χ1v) is 9.90. The van der Waals surface area contributed by atoms with Crippen molar-refractivity contribution < 1.29 is 41.6 Å². The number of hydrogen-bond acceptors (Lipinski definition) is 4. The van der Waals surface area contributed by atoms with E-state index in [-0.39, 0.29) is 44.7 Å². The predicted octanol–water partition coefficient (Wildman–Crippen LogP) is 1.11. The van der Waals surface area contributed by atoms with Gasteiger partial charge in [0.25, 0.3) is 0 Å². The van der Waals surface area contributed by atoms with Gasteiger partial charge in [0.2, 0.25) is 24.1 Å². The monoisotopic (exact) mass is 583 g/mol. The minimum absolute atomic E-state index is 0. The van der Waals surface area contributed by atoms with Gasteiger partial charge in [-0.25, -0.2) is 6.54 Å². The Balaban J connectivity index is 0. The number of carbonyl (C=O) groups excluding carboxylic acids is 4. The van der Waals surface area contributed by atoms with E-state index < -0.39 is 36.3 Å². The van der Waals surface area contributed by atoms with E-state index in [0.29, 0.717) is 12.8 Å². The molecule has 0 spiro atoms. The zero-order valence-corrected chi connectivity index (χ0v) is 21.4. The molecule has 8 nitrogen and oxygen atoms in total. The fourth-order valence-electron chi connectivity index (χ4n) is 2.64. The molecule has 4 amide bonds. The zero-order valence-electron chi connectivity index (χ0n) is 19.5. The van der Waals surface area contributed by atoms with Crippen LogP contribution in [0.4, 0.5) is 0 Å². The third-order valence-corrected chi connectivity index (χ3v) is 4.20. The van der Waals surface area contributed by atoms with Gasteiger partial charge in [-0.15, -0.1) is 0 Å². The molecule has 0 bridgehead atoms. The molecule has 3 atom stereocenters. The standard InChI is InChI=1S/C20H37N4O4.W/c1-8-9-21-18(26)15(10-12(2)3)23-20(28)17(14(6)7)24-19(27)16(13(4)5)22-11-25;/h9,11-17H,8,10H2,1-7H3,(H,21,26)(H,22,25)(H,23,28)(H,24,27);/q-1;/i11T;. The molecule has 0 rings (SSSR count). The fraction of sp³-hybridized carbons (Fsp3) is 0.750. The summed E-state index contributed by atoms with van der Waals surface area (Å²) in [7, 11) is 0. The minimum atomic E-state index is -1.06. The van der Waals surface area contributed by atoms with Gasteiger partial charge >= 0.3 is 0 Å². The van der Waals surface area contributed by atoms with Gasteiger partial charge in [0, 0.05) is 21.1 Å². The van der Waals surface area contributed by atoms with Crippen LogP contribution in [0.25, 0.3) is 0 Å². The third-order valence-electron chi connectivity index (χ3n) is 4.20. The SMILES string of the molecule is [3H]C(=O)NC(C(=O)NC(C(=O)NC(CC(C)C)C(=O)N[CH-]CC)C(C)C)C(C)C.[W]. The fourth-order valence-corrected chi connectivity index (χ4v) is 2.64. The predicted molar refractivity (Wildman–Crippen MR) is 109 cm³/mol. The van der Waals surface area contributed by atoms with Gasteiger partial charge in [-0.1, -0.05) is 48.5 Å². The number of nitrogens with one attached hydrogen (secondary N) is 4. The number of hydrogen-bond donors (Lipinski definition) is 4. The quantitative estimate of drug-likeness (QED) is 0.204. The van der Waals surface area contributed by atoms with Gasteiger partial charge in [-0.05, 0) is 24.2 Å². The minimum Gasteiger partial charge on any atom is -0.504 e. The summed E-state index contributed by atoms with van der Waals surface area (Å²) in [6.07, 6.45) is 0.0549. The van der Waals surface area contributed by atoms with Crippen molar-refractivity contribution in [3.63, 3.8) is 0 Å². The van der Waals surface area contributed by atoms with Crippen molar-refractivity contribution >= 4 is 24.1 Å². The van der Waals surface area contributed by atoms with E-state index in [0.717, 1.165) is 0 Å². The first-order chi connectivity index (χ1) is 13.4. The van der Waals surface area contributed by atoms with Crippen LogP contribution < -0.4 is 21.3 Å². The second kappa shape index (κ2) is 15.4. The maximum Gasteiger partial charge on any atom is 0.243 e. The molecule has 0 aliphatic heterocycles. The first-order valence-electron chi connectivity index (χ1n) is 10.4. The van der Waals surface area contributed by atoms with Crippen LogP contribution in [-0.4, -0.2) is 42.2 Å². The molecule has 9 heteroatoms. The van der Waals surface area contributed by atoms with Crippen LogP contribution in [0.15, 0.2) is 0 Å². The van der Waals surface area contributed by atoms with E-state index in [2.05, 4.69) is 21.3 Å². The van der Waals surface area contributed by atoms with Crippen LogP contribution in [-0.2, 0) is 40.2 Å². The average molecular weight is 583 g/mol. The molecule has 0 heterocycles. The van der Waals surface area contributed by atoms with E-state index >= 15 is 0 Å². The molecular formula is C20H37N4O4W-. The topological polar surface area (TPSA) is 116 Å². The normalized spacial score (nSPS) is 14.3.